The number of hydrogen-bond acceptors (Lipinski definition) is 1. The lowest BCUT2D eigenvalue weighted by Crippen LogP contribution is -2.08. The van der Waals surface area contributed by atoms with Gasteiger partial charge in [0.25, 0.3) is 0 Å². The fourth-order valence-electron chi connectivity index (χ4n) is 1.58. The molecule has 1 rings (SSSR count). The van der Waals surface area contributed by atoms with Gasteiger partial charge in [-0.25, -0.2) is 0 Å². The van der Waals surface area contributed by atoms with Crippen molar-refractivity contribution < 1.29 is 4.74 Å². The first-order valence-corrected chi connectivity index (χ1v) is 6.99. The van der Waals surface area contributed by atoms with E-state index in [1.807, 2.05) is 13.8 Å². The molecule has 0 N–H and O–H groups in total. The lowest BCUT2D eigenvalue weighted by atomic mass is 9.90. The predicted molar refractivity (Wildman–Crippen MR) is 73.6 cm³/mol. The van der Waals surface area contributed by atoms with Crippen LogP contribution in [0, 0.1) is 5.92 Å². The molecule has 16 heavy (non-hydrogen) atoms. The fourth-order valence-corrected chi connectivity index (χ4v) is 2.15. The van der Waals surface area contributed by atoms with Gasteiger partial charge in [-0.05, 0) is 43.4 Å². The molecule has 1 aromatic carbocycles. The van der Waals surface area contributed by atoms with E-state index >= 15 is 0 Å². The van der Waals surface area contributed by atoms with Crippen molar-refractivity contribution >= 4 is 15.9 Å². The second-order valence-corrected chi connectivity index (χ2v) is 5.30. The van der Waals surface area contributed by atoms with Crippen molar-refractivity contribution in [3.63, 3.8) is 0 Å². The van der Waals surface area contributed by atoms with Crippen LogP contribution in [-0.4, -0.2) is 11.4 Å². The van der Waals surface area contributed by atoms with Gasteiger partial charge in [0, 0.05) is 5.33 Å². The van der Waals surface area contributed by atoms with E-state index in [0.29, 0.717) is 11.8 Å². The molecular formula is C14H21BrO. The number of benzene rings is 1. The SMILES string of the molecule is CC(C)Oc1ccc(C(C)C(C)CBr)cc1. The maximum Gasteiger partial charge on any atom is 0.119 e. The zero-order chi connectivity index (χ0) is 12.1. The van der Waals surface area contributed by atoms with Crippen LogP contribution in [0.1, 0.15) is 39.2 Å². The van der Waals surface area contributed by atoms with Crippen molar-refractivity contribution in [1.82, 2.24) is 0 Å². The van der Waals surface area contributed by atoms with E-state index in [9.17, 15) is 0 Å². The van der Waals surface area contributed by atoms with Gasteiger partial charge in [-0.2, -0.15) is 0 Å². The first-order valence-electron chi connectivity index (χ1n) is 5.87. The monoisotopic (exact) mass is 284 g/mol. The summed E-state index contributed by atoms with van der Waals surface area (Å²) in [5.74, 6) is 2.18. The Hall–Kier alpha value is -0.500. The van der Waals surface area contributed by atoms with E-state index in [-0.39, 0.29) is 6.10 Å². The minimum absolute atomic E-state index is 0.240. The van der Waals surface area contributed by atoms with Crippen LogP contribution in [0.5, 0.6) is 5.75 Å². The van der Waals surface area contributed by atoms with E-state index in [2.05, 4.69) is 54.0 Å². The van der Waals surface area contributed by atoms with Crippen LogP contribution in [0.25, 0.3) is 0 Å². The van der Waals surface area contributed by atoms with Gasteiger partial charge in [0.1, 0.15) is 5.75 Å². The van der Waals surface area contributed by atoms with E-state index in [4.69, 9.17) is 4.74 Å². The van der Waals surface area contributed by atoms with E-state index < -0.39 is 0 Å². The highest BCUT2D eigenvalue weighted by Crippen LogP contribution is 2.27. The molecule has 0 aliphatic carbocycles. The number of halogens is 1. The van der Waals surface area contributed by atoms with Crippen molar-refractivity contribution in [2.24, 2.45) is 5.92 Å². The molecule has 0 bridgehead atoms. The maximum atomic E-state index is 5.63. The molecule has 0 fully saturated rings. The van der Waals surface area contributed by atoms with Crippen LogP contribution in [0.3, 0.4) is 0 Å². The van der Waals surface area contributed by atoms with Crippen molar-refractivity contribution in [2.75, 3.05) is 5.33 Å². The quantitative estimate of drug-likeness (QED) is 0.718. The Labute approximate surface area is 107 Å². The highest BCUT2D eigenvalue weighted by molar-refractivity contribution is 9.09. The van der Waals surface area contributed by atoms with Gasteiger partial charge >= 0.3 is 0 Å². The summed E-state index contributed by atoms with van der Waals surface area (Å²) in [5, 5.41) is 1.04. The molecule has 0 saturated carbocycles. The maximum absolute atomic E-state index is 5.63. The zero-order valence-electron chi connectivity index (χ0n) is 10.5. The Morgan fingerprint density at radius 1 is 1.06 bits per heavy atom. The summed E-state index contributed by atoms with van der Waals surface area (Å²) in [6.07, 6.45) is 0.240. The van der Waals surface area contributed by atoms with Crippen LogP contribution in [0.15, 0.2) is 24.3 Å². The molecule has 0 spiro atoms. The first-order chi connectivity index (χ1) is 7.54. The molecule has 1 nitrogen and oxygen atoms in total. The van der Waals surface area contributed by atoms with Crippen molar-refractivity contribution in [3.05, 3.63) is 29.8 Å². The molecule has 2 heteroatoms. The molecule has 2 atom stereocenters. The Morgan fingerprint density at radius 2 is 1.62 bits per heavy atom. The lowest BCUT2D eigenvalue weighted by Gasteiger charge is -2.18. The molecule has 0 saturated heterocycles. The molecule has 90 valence electrons. The van der Waals surface area contributed by atoms with Gasteiger partial charge in [0.2, 0.25) is 0 Å². The summed E-state index contributed by atoms with van der Waals surface area (Å²) in [5.41, 5.74) is 1.38. The summed E-state index contributed by atoms with van der Waals surface area (Å²) in [6.45, 7) is 8.62. The standard InChI is InChI=1S/C14H21BrO/c1-10(2)16-14-7-5-13(6-8-14)12(4)11(3)9-15/h5-8,10-12H,9H2,1-4H3. The Bertz CT molecular complexity index is 305. The summed E-state index contributed by atoms with van der Waals surface area (Å²) < 4.78 is 5.63. The van der Waals surface area contributed by atoms with Gasteiger partial charge in [-0.1, -0.05) is 41.9 Å². The minimum Gasteiger partial charge on any atom is -0.491 e. The van der Waals surface area contributed by atoms with Crippen LogP contribution < -0.4 is 4.74 Å². The number of alkyl halides is 1. The second-order valence-electron chi connectivity index (χ2n) is 4.66. The Morgan fingerprint density at radius 3 is 2.06 bits per heavy atom. The second kappa shape index (κ2) is 6.29. The number of ether oxygens (including phenoxy) is 1. The highest BCUT2D eigenvalue weighted by atomic mass is 79.9. The van der Waals surface area contributed by atoms with E-state index in [0.717, 1.165) is 11.1 Å². The van der Waals surface area contributed by atoms with Crippen LogP contribution in [0.2, 0.25) is 0 Å². The van der Waals surface area contributed by atoms with Crippen LogP contribution in [0.4, 0.5) is 0 Å². The van der Waals surface area contributed by atoms with E-state index in [1.54, 1.807) is 0 Å². The van der Waals surface area contributed by atoms with Gasteiger partial charge in [0.15, 0.2) is 0 Å². The third-order valence-electron chi connectivity index (χ3n) is 2.87. The molecular weight excluding hydrogens is 264 g/mol. The molecule has 0 aliphatic heterocycles. The third kappa shape index (κ3) is 3.82. The first kappa shape index (κ1) is 13.6. The summed E-state index contributed by atoms with van der Waals surface area (Å²) in [4.78, 5) is 0. The average Bonchev–Trinajstić information content (AvgIpc) is 2.27. The minimum atomic E-state index is 0.240. The molecule has 0 aliphatic rings. The lowest BCUT2D eigenvalue weighted by molar-refractivity contribution is 0.242. The van der Waals surface area contributed by atoms with Gasteiger partial charge in [-0.15, -0.1) is 0 Å². The largest absolute Gasteiger partial charge is 0.491 e. The van der Waals surface area contributed by atoms with Crippen LogP contribution in [-0.2, 0) is 0 Å². The summed E-state index contributed by atoms with van der Waals surface area (Å²) in [7, 11) is 0. The molecule has 0 amide bonds. The summed E-state index contributed by atoms with van der Waals surface area (Å²) >= 11 is 3.54. The van der Waals surface area contributed by atoms with Crippen molar-refractivity contribution in [1.29, 1.82) is 0 Å². The molecule has 1 aromatic rings. The van der Waals surface area contributed by atoms with Crippen molar-refractivity contribution in [3.8, 4) is 5.75 Å². The van der Waals surface area contributed by atoms with Crippen molar-refractivity contribution in [2.45, 2.75) is 39.7 Å². The third-order valence-corrected chi connectivity index (χ3v) is 3.90. The van der Waals surface area contributed by atoms with E-state index in [1.165, 1.54) is 5.56 Å². The zero-order valence-corrected chi connectivity index (χ0v) is 12.1. The van der Waals surface area contributed by atoms with Gasteiger partial charge in [0.05, 0.1) is 6.10 Å². The Balaban J connectivity index is 2.70. The smallest absolute Gasteiger partial charge is 0.119 e. The number of rotatable bonds is 5. The predicted octanol–water partition coefficient (Wildman–Crippen LogP) is 4.61. The summed E-state index contributed by atoms with van der Waals surface area (Å²) in [6, 6.07) is 8.46. The molecule has 0 heterocycles. The Kier molecular flexibility index (Phi) is 5.33. The average molecular weight is 285 g/mol. The molecule has 0 radical (unpaired) electrons. The topological polar surface area (TPSA) is 9.23 Å². The van der Waals surface area contributed by atoms with Gasteiger partial charge in [-0.3, -0.25) is 0 Å². The fraction of sp³-hybridized carbons (Fsp3) is 0.571. The normalized spacial score (nSPS) is 14.9. The highest BCUT2D eigenvalue weighted by Gasteiger charge is 2.13. The number of hydrogen-bond donors (Lipinski definition) is 0. The van der Waals surface area contributed by atoms with Gasteiger partial charge < -0.3 is 4.74 Å². The molecule has 0 aromatic heterocycles. The van der Waals surface area contributed by atoms with Crippen LogP contribution >= 0.6 is 15.9 Å². The molecule has 2 unspecified atom stereocenters.